The molecular formula is C7H18N2O. The monoisotopic (exact) mass is 146 g/mol. The van der Waals surface area contributed by atoms with Crippen molar-refractivity contribution < 1.29 is 5.11 Å². The highest BCUT2D eigenvalue weighted by Gasteiger charge is 2.07. The molecule has 0 aromatic heterocycles. The molecule has 62 valence electrons. The Hall–Kier alpha value is -0.120. The van der Waals surface area contributed by atoms with E-state index in [1.165, 1.54) is 0 Å². The van der Waals surface area contributed by atoms with Crippen LogP contribution >= 0.6 is 0 Å². The maximum absolute atomic E-state index is 9.05. The maximum atomic E-state index is 9.05. The van der Waals surface area contributed by atoms with Crippen LogP contribution in [0, 0.1) is 0 Å². The van der Waals surface area contributed by atoms with Gasteiger partial charge in [0.15, 0.2) is 0 Å². The first-order valence-corrected chi connectivity index (χ1v) is 3.84. The molecule has 2 unspecified atom stereocenters. The Balaban J connectivity index is 3.27. The van der Waals surface area contributed by atoms with E-state index in [4.69, 9.17) is 16.6 Å². The largest absolute Gasteiger partial charge is 0.392 e. The van der Waals surface area contributed by atoms with Crippen molar-refractivity contribution in [2.24, 2.45) is 11.5 Å². The van der Waals surface area contributed by atoms with Crippen LogP contribution in [0.15, 0.2) is 0 Å². The van der Waals surface area contributed by atoms with Gasteiger partial charge in [-0.15, -0.1) is 0 Å². The normalized spacial score (nSPS) is 16.8. The maximum Gasteiger partial charge on any atom is 0.0677 e. The summed E-state index contributed by atoms with van der Waals surface area (Å²) >= 11 is 0. The van der Waals surface area contributed by atoms with Gasteiger partial charge in [0.2, 0.25) is 0 Å². The van der Waals surface area contributed by atoms with E-state index in [0.717, 1.165) is 12.8 Å². The predicted octanol–water partition coefficient (Wildman–Crippen LogP) is -0.176. The van der Waals surface area contributed by atoms with Crippen LogP contribution in [0.25, 0.3) is 0 Å². The van der Waals surface area contributed by atoms with Gasteiger partial charge in [-0.25, -0.2) is 0 Å². The highest BCUT2D eigenvalue weighted by atomic mass is 16.3. The third-order valence-electron chi connectivity index (χ3n) is 1.51. The van der Waals surface area contributed by atoms with Crippen molar-refractivity contribution in [1.82, 2.24) is 0 Å². The summed E-state index contributed by atoms with van der Waals surface area (Å²) in [6.45, 7) is 2.39. The molecule has 0 aliphatic carbocycles. The van der Waals surface area contributed by atoms with E-state index >= 15 is 0 Å². The lowest BCUT2D eigenvalue weighted by molar-refractivity contribution is 0.162. The van der Waals surface area contributed by atoms with Gasteiger partial charge in [0.25, 0.3) is 0 Å². The van der Waals surface area contributed by atoms with Crippen molar-refractivity contribution in [2.75, 3.05) is 6.54 Å². The van der Waals surface area contributed by atoms with Crippen molar-refractivity contribution >= 4 is 0 Å². The van der Waals surface area contributed by atoms with Crippen LogP contribution in [0.1, 0.15) is 26.2 Å². The van der Waals surface area contributed by atoms with Crippen LogP contribution in [0.3, 0.4) is 0 Å². The molecule has 3 heteroatoms. The van der Waals surface area contributed by atoms with Gasteiger partial charge in [0, 0.05) is 12.6 Å². The molecule has 0 aromatic carbocycles. The molecular weight excluding hydrogens is 128 g/mol. The summed E-state index contributed by atoms with van der Waals surface area (Å²) in [6.07, 6.45) is 2.25. The van der Waals surface area contributed by atoms with Gasteiger partial charge in [-0.05, 0) is 12.8 Å². The number of hydrogen-bond donors (Lipinski definition) is 3. The molecule has 2 atom stereocenters. The molecule has 0 radical (unpaired) electrons. The van der Waals surface area contributed by atoms with Gasteiger partial charge < -0.3 is 16.6 Å². The van der Waals surface area contributed by atoms with Gasteiger partial charge in [-0.3, -0.25) is 0 Å². The van der Waals surface area contributed by atoms with Crippen molar-refractivity contribution in [2.45, 2.75) is 38.3 Å². The molecule has 3 nitrogen and oxygen atoms in total. The van der Waals surface area contributed by atoms with E-state index in [-0.39, 0.29) is 6.04 Å². The fourth-order valence-electron chi connectivity index (χ4n) is 0.934. The second-order valence-corrected chi connectivity index (χ2v) is 2.67. The molecule has 0 saturated heterocycles. The lowest BCUT2D eigenvalue weighted by atomic mass is 10.1. The van der Waals surface area contributed by atoms with Crippen molar-refractivity contribution in [3.8, 4) is 0 Å². The Kier molecular flexibility index (Phi) is 5.58. The third-order valence-corrected chi connectivity index (χ3v) is 1.51. The SMILES string of the molecule is CCCC(N)CC(O)CN. The zero-order valence-corrected chi connectivity index (χ0v) is 6.59. The minimum absolute atomic E-state index is 0.114. The second-order valence-electron chi connectivity index (χ2n) is 2.67. The summed E-state index contributed by atoms with van der Waals surface area (Å²) < 4.78 is 0. The molecule has 0 aliphatic heterocycles. The minimum atomic E-state index is -0.415. The second kappa shape index (κ2) is 5.65. The van der Waals surface area contributed by atoms with Gasteiger partial charge in [-0.1, -0.05) is 13.3 Å². The molecule has 5 N–H and O–H groups in total. The van der Waals surface area contributed by atoms with Crippen molar-refractivity contribution in [3.63, 3.8) is 0 Å². The van der Waals surface area contributed by atoms with Crippen LogP contribution in [-0.2, 0) is 0 Å². The summed E-state index contributed by atoms with van der Waals surface area (Å²) in [5.74, 6) is 0. The first-order chi connectivity index (χ1) is 4.70. The minimum Gasteiger partial charge on any atom is -0.392 e. The average molecular weight is 146 g/mol. The highest BCUT2D eigenvalue weighted by molar-refractivity contribution is 4.66. The van der Waals surface area contributed by atoms with E-state index in [1.807, 2.05) is 0 Å². The van der Waals surface area contributed by atoms with Gasteiger partial charge in [0.1, 0.15) is 0 Å². The van der Waals surface area contributed by atoms with E-state index < -0.39 is 6.10 Å². The number of aliphatic hydroxyl groups is 1. The molecule has 0 heterocycles. The molecule has 0 aliphatic rings. The molecule has 0 rings (SSSR count). The molecule has 0 aromatic rings. The molecule has 0 fully saturated rings. The number of aliphatic hydroxyl groups excluding tert-OH is 1. The Bertz CT molecular complexity index is 78.0. The topological polar surface area (TPSA) is 72.3 Å². The predicted molar refractivity (Wildman–Crippen MR) is 42.6 cm³/mol. The highest BCUT2D eigenvalue weighted by Crippen LogP contribution is 2.00. The lowest BCUT2D eigenvalue weighted by Crippen LogP contribution is -2.30. The van der Waals surface area contributed by atoms with E-state index in [9.17, 15) is 0 Å². The van der Waals surface area contributed by atoms with Crippen LogP contribution in [0.5, 0.6) is 0 Å². The molecule has 10 heavy (non-hydrogen) atoms. The average Bonchev–Trinajstić information content (AvgIpc) is 1.88. The summed E-state index contributed by atoms with van der Waals surface area (Å²) in [4.78, 5) is 0. The van der Waals surface area contributed by atoms with Gasteiger partial charge in [0.05, 0.1) is 6.10 Å². The van der Waals surface area contributed by atoms with E-state index in [0.29, 0.717) is 13.0 Å². The smallest absolute Gasteiger partial charge is 0.0677 e. The lowest BCUT2D eigenvalue weighted by Gasteiger charge is -2.13. The molecule has 0 bridgehead atoms. The first kappa shape index (κ1) is 9.88. The van der Waals surface area contributed by atoms with Crippen LogP contribution in [0.2, 0.25) is 0 Å². The fraction of sp³-hybridized carbons (Fsp3) is 1.00. The quantitative estimate of drug-likeness (QED) is 0.504. The molecule has 0 spiro atoms. The standard InChI is InChI=1S/C7H18N2O/c1-2-3-6(9)4-7(10)5-8/h6-7,10H,2-5,8-9H2,1H3. The number of rotatable bonds is 5. The first-order valence-electron chi connectivity index (χ1n) is 3.84. The zero-order chi connectivity index (χ0) is 7.98. The van der Waals surface area contributed by atoms with Crippen LogP contribution in [0.4, 0.5) is 0 Å². The Labute approximate surface area is 62.4 Å². The van der Waals surface area contributed by atoms with Crippen molar-refractivity contribution in [3.05, 3.63) is 0 Å². The summed E-state index contributed by atoms with van der Waals surface area (Å²) in [7, 11) is 0. The third kappa shape index (κ3) is 4.73. The van der Waals surface area contributed by atoms with Crippen LogP contribution in [-0.4, -0.2) is 23.8 Å². The fourth-order valence-corrected chi connectivity index (χ4v) is 0.934. The Morgan fingerprint density at radius 1 is 1.50 bits per heavy atom. The summed E-state index contributed by atoms with van der Waals surface area (Å²) in [5.41, 5.74) is 10.9. The van der Waals surface area contributed by atoms with Gasteiger partial charge >= 0.3 is 0 Å². The Morgan fingerprint density at radius 3 is 2.50 bits per heavy atom. The van der Waals surface area contributed by atoms with Gasteiger partial charge in [-0.2, -0.15) is 0 Å². The zero-order valence-electron chi connectivity index (χ0n) is 6.59. The molecule has 0 saturated carbocycles. The Morgan fingerprint density at radius 2 is 2.10 bits per heavy atom. The van der Waals surface area contributed by atoms with Crippen molar-refractivity contribution in [1.29, 1.82) is 0 Å². The van der Waals surface area contributed by atoms with E-state index in [2.05, 4.69) is 6.92 Å². The summed E-state index contributed by atoms with van der Waals surface area (Å²) in [6, 6.07) is 0.114. The number of hydrogen-bond acceptors (Lipinski definition) is 3. The molecule has 0 amide bonds. The van der Waals surface area contributed by atoms with E-state index in [1.54, 1.807) is 0 Å². The van der Waals surface area contributed by atoms with Crippen LogP contribution < -0.4 is 11.5 Å². The summed E-state index contributed by atoms with van der Waals surface area (Å²) in [5, 5.41) is 9.05. The number of nitrogens with two attached hydrogens (primary N) is 2.